The third-order valence-electron chi connectivity index (χ3n) is 5.07. The molecule has 11 heteroatoms. The van der Waals surface area contributed by atoms with Crippen LogP contribution >= 0.6 is 11.3 Å². The first-order chi connectivity index (χ1) is 17.5. The van der Waals surface area contributed by atoms with Gasteiger partial charge in [0.15, 0.2) is 11.6 Å². The van der Waals surface area contributed by atoms with Crippen molar-refractivity contribution >= 4 is 39.2 Å². The molecule has 3 aromatic heterocycles. The van der Waals surface area contributed by atoms with Crippen molar-refractivity contribution in [3.63, 3.8) is 0 Å². The zero-order valence-electron chi connectivity index (χ0n) is 18.9. The summed E-state index contributed by atoms with van der Waals surface area (Å²) in [6, 6.07) is 15.3. The van der Waals surface area contributed by atoms with Crippen LogP contribution in [-0.4, -0.2) is 26.5 Å². The molecule has 0 bridgehead atoms. The van der Waals surface area contributed by atoms with Crippen molar-refractivity contribution in [2.24, 2.45) is 7.05 Å². The number of hydrogen-bond donors (Lipinski definition) is 3. The lowest BCUT2D eigenvalue weighted by atomic mass is 10.2. The molecule has 5 aromatic rings. The fourth-order valence-corrected chi connectivity index (χ4v) is 4.41. The average Bonchev–Trinajstić information content (AvgIpc) is 3.51. The van der Waals surface area contributed by atoms with Crippen molar-refractivity contribution < 1.29 is 18.7 Å². The summed E-state index contributed by atoms with van der Waals surface area (Å²) in [5, 5.41) is 2.46. The number of thiophene rings is 1. The number of carbonyl (C=O) groups excluding carboxylic acids is 2. The Kier molecular flexibility index (Phi) is 6.29. The van der Waals surface area contributed by atoms with Crippen LogP contribution in [0.25, 0.3) is 20.8 Å². The van der Waals surface area contributed by atoms with E-state index in [1.165, 1.54) is 23.5 Å². The monoisotopic (exact) mass is 502 g/mol. The van der Waals surface area contributed by atoms with Crippen LogP contribution < -0.4 is 20.9 Å². The molecule has 0 saturated heterocycles. The maximum atomic E-state index is 14.8. The smallest absolute Gasteiger partial charge is 0.337 e. The molecule has 0 unspecified atom stereocenters. The highest BCUT2D eigenvalue weighted by Gasteiger charge is 2.15. The zero-order valence-corrected chi connectivity index (χ0v) is 19.7. The number of nitrogens with zero attached hydrogens (tertiary/aromatic N) is 3. The fourth-order valence-electron chi connectivity index (χ4n) is 3.38. The Bertz CT molecular complexity index is 1570. The molecule has 3 amide bonds. The number of hydrazine groups is 1. The van der Waals surface area contributed by atoms with Gasteiger partial charge < -0.3 is 14.6 Å². The number of pyridine rings is 1. The number of nitrogens with one attached hydrogen (secondary N) is 3. The number of carbonyl (C=O) groups is 2. The highest BCUT2D eigenvalue weighted by Crippen LogP contribution is 2.39. The molecule has 0 aliphatic heterocycles. The first kappa shape index (κ1) is 23.0. The summed E-state index contributed by atoms with van der Waals surface area (Å²) >= 11 is 1.45. The number of aromatic nitrogens is 3. The number of imidazole rings is 1. The number of ether oxygens (including phenoxy) is 1. The Labute approximate surface area is 208 Å². The van der Waals surface area contributed by atoms with Crippen LogP contribution in [0, 0.1) is 5.82 Å². The average molecular weight is 503 g/mol. The second-order valence-electron chi connectivity index (χ2n) is 7.71. The van der Waals surface area contributed by atoms with E-state index in [4.69, 9.17) is 4.74 Å². The number of rotatable bonds is 5. The maximum absolute atomic E-state index is 14.8. The van der Waals surface area contributed by atoms with Gasteiger partial charge in [-0.2, -0.15) is 0 Å². The number of benzene rings is 2. The molecule has 0 spiro atoms. The van der Waals surface area contributed by atoms with Crippen LogP contribution in [0.4, 0.5) is 14.9 Å². The van der Waals surface area contributed by atoms with E-state index in [-0.39, 0.29) is 11.4 Å². The van der Waals surface area contributed by atoms with Gasteiger partial charge in [-0.1, -0.05) is 18.2 Å². The molecule has 36 heavy (non-hydrogen) atoms. The second kappa shape index (κ2) is 9.84. The van der Waals surface area contributed by atoms with Crippen LogP contribution in [0.15, 0.2) is 79.4 Å². The Balaban J connectivity index is 1.26. The molecule has 5 rings (SSSR count). The van der Waals surface area contributed by atoms with Gasteiger partial charge in [-0.3, -0.25) is 15.2 Å². The van der Waals surface area contributed by atoms with Crippen LogP contribution in [0.1, 0.15) is 10.4 Å². The second-order valence-corrected chi connectivity index (χ2v) is 8.76. The Morgan fingerprint density at radius 3 is 2.58 bits per heavy atom. The first-order valence-corrected chi connectivity index (χ1v) is 11.5. The summed E-state index contributed by atoms with van der Waals surface area (Å²) < 4.78 is 23.3. The molecule has 0 fully saturated rings. The number of amides is 3. The predicted molar refractivity (Wildman–Crippen MR) is 134 cm³/mol. The van der Waals surface area contributed by atoms with E-state index in [9.17, 15) is 14.0 Å². The number of halogens is 1. The van der Waals surface area contributed by atoms with E-state index < -0.39 is 17.8 Å². The van der Waals surface area contributed by atoms with Crippen molar-refractivity contribution in [3.05, 3.63) is 90.8 Å². The molecular formula is C25H19FN6O3S. The molecule has 0 radical (unpaired) electrons. The summed E-state index contributed by atoms with van der Waals surface area (Å²) in [6.45, 7) is 0. The molecule has 0 atom stereocenters. The van der Waals surface area contributed by atoms with Crippen molar-refractivity contribution in [1.29, 1.82) is 0 Å². The van der Waals surface area contributed by atoms with Gasteiger partial charge in [0.25, 0.3) is 5.91 Å². The lowest BCUT2D eigenvalue weighted by Crippen LogP contribution is -2.43. The topological polar surface area (TPSA) is 110 Å². The first-order valence-electron chi connectivity index (χ1n) is 10.7. The maximum Gasteiger partial charge on any atom is 0.337 e. The molecule has 3 N–H and O–H groups in total. The van der Waals surface area contributed by atoms with Gasteiger partial charge in [0.05, 0.1) is 27.1 Å². The van der Waals surface area contributed by atoms with Gasteiger partial charge >= 0.3 is 6.03 Å². The fraction of sp³-hybridized carbons (Fsp3) is 0.0400. The summed E-state index contributed by atoms with van der Waals surface area (Å²) in [5.41, 5.74) is 6.59. The Hall–Kier alpha value is -4.77. The normalized spacial score (nSPS) is 10.7. The van der Waals surface area contributed by atoms with Crippen LogP contribution in [0.5, 0.6) is 11.5 Å². The molecule has 9 nitrogen and oxygen atoms in total. The lowest BCUT2D eigenvalue weighted by molar-refractivity contribution is 0.0938. The third-order valence-corrected chi connectivity index (χ3v) is 6.23. The molecular weight excluding hydrogens is 483 g/mol. The van der Waals surface area contributed by atoms with Gasteiger partial charge in [0.2, 0.25) is 0 Å². The molecule has 0 aliphatic rings. The van der Waals surface area contributed by atoms with Crippen molar-refractivity contribution in [2.75, 3.05) is 5.32 Å². The number of anilines is 1. The molecule has 0 saturated carbocycles. The minimum atomic E-state index is -0.733. The SMILES string of the molecule is Cn1cnc(-c2cc3nccc(Oc4ccc(NC(=O)NNC(=O)c5ccccc5)cc4F)c3s2)c1. The quantitative estimate of drug-likeness (QED) is 0.290. The summed E-state index contributed by atoms with van der Waals surface area (Å²) in [5.74, 6) is -0.719. The minimum Gasteiger partial charge on any atom is -0.453 e. The summed E-state index contributed by atoms with van der Waals surface area (Å²) in [7, 11) is 1.89. The number of aryl methyl sites for hydroxylation is 1. The molecule has 0 aliphatic carbocycles. The van der Waals surface area contributed by atoms with Crippen LogP contribution in [0.2, 0.25) is 0 Å². The minimum absolute atomic E-state index is 0.0152. The van der Waals surface area contributed by atoms with E-state index in [1.807, 2.05) is 23.9 Å². The van der Waals surface area contributed by atoms with E-state index in [1.54, 1.807) is 48.9 Å². The Morgan fingerprint density at radius 2 is 1.83 bits per heavy atom. The van der Waals surface area contributed by atoms with Crippen molar-refractivity contribution in [2.45, 2.75) is 0 Å². The van der Waals surface area contributed by atoms with Gasteiger partial charge in [-0.25, -0.2) is 19.6 Å². The van der Waals surface area contributed by atoms with Crippen LogP contribution in [-0.2, 0) is 7.05 Å². The zero-order chi connectivity index (χ0) is 25.1. The van der Waals surface area contributed by atoms with E-state index in [0.29, 0.717) is 16.8 Å². The summed E-state index contributed by atoms with van der Waals surface area (Å²) in [6.07, 6.45) is 5.21. The highest BCUT2D eigenvalue weighted by atomic mass is 32.1. The molecule has 2 aromatic carbocycles. The standard InChI is InChI=1S/C25H19FN6O3S/c1-32-13-19(28-14-32)22-12-18-23(36-22)21(9-10-27-18)35-20-8-7-16(11-17(20)26)29-25(34)31-30-24(33)15-5-3-2-4-6-15/h2-14H,1H3,(H,30,33)(H2,29,31,34). The number of fused-ring (bicyclic) bond motifs is 1. The van der Waals surface area contributed by atoms with Gasteiger partial charge in [0.1, 0.15) is 5.75 Å². The van der Waals surface area contributed by atoms with Gasteiger partial charge in [-0.05, 0) is 30.3 Å². The highest BCUT2D eigenvalue weighted by molar-refractivity contribution is 7.22. The third kappa shape index (κ3) is 5.00. The van der Waals surface area contributed by atoms with Crippen LogP contribution in [0.3, 0.4) is 0 Å². The van der Waals surface area contributed by atoms with Crippen molar-refractivity contribution in [1.82, 2.24) is 25.4 Å². The lowest BCUT2D eigenvalue weighted by Gasteiger charge is -2.11. The van der Waals surface area contributed by atoms with E-state index >= 15 is 0 Å². The number of hydrogen-bond acceptors (Lipinski definition) is 6. The summed E-state index contributed by atoms with van der Waals surface area (Å²) in [4.78, 5) is 33.8. The predicted octanol–water partition coefficient (Wildman–Crippen LogP) is 5.09. The van der Waals surface area contributed by atoms with Crippen molar-refractivity contribution in [3.8, 4) is 22.1 Å². The molecule has 180 valence electrons. The number of urea groups is 1. The largest absolute Gasteiger partial charge is 0.453 e. The van der Waals surface area contributed by atoms with Gasteiger partial charge in [-0.15, -0.1) is 11.3 Å². The van der Waals surface area contributed by atoms with Gasteiger partial charge in [0, 0.05) is 42.8 Å². The molecule has 3 heterocycles. The Morgan fingerprint density at radius 1 is 1.00 bits per heavy atom. The van der Waals surface area contributed by atoms with E-state index in [0.717, 1.165) is 21.3 Å². The van der Waals surface area contributed by atoms with E-state index in [2.05, 4.69) is 26.1 Å².